The number of likely N-dealkylation sites (N-methyl/N-ethyl adjacent to an activating group) is 1. The summed E-state index contributed by atoms with van der Waals surface area (Å²) in [6, 6.07) is 22.7. The van der Waals surface area contributed by atoms with Crippen LogP contribution in [-0.4, -0.2) is 51.0 Å². The maximum absolute atomic E-state index is 13.9. The molecule has 1 unspecified atom stereocenters. The van der Waals surface area contributed by atoms with Crippen molar-refractivity contribution in [2.75, 3.05) is 24.2 Å². The lowest BCUT2D eigenvalue weighted by atomic mass is 9.87. The van der Waals surface area contributed by atoms with Crippen LogP contribution in [0.5, 0.6) is 0 Å². The fourth-order valence-electron chi connectivity index (χ4n) is 4.25. The summed E-state index contributed by atoms with van der Waals surface area (Å²) in [6.45, 7) is 5.85. The highest BCUT2D eigenvalue weighted by molar-refractivity contribution is 7.92. The van der Waals surface area contributed by atoms with Gasteiger partial charge in [-0.2, -0.15) is 0 Å². The molecule has 1 N–H and O–H groups in total. The highest BCUT2D eigenvalue weighted by Crippen LogP contribution is 2.26. The van der Waals surface area contributed by atoms with Crippen molar-refractivity contribution in [2.45, 2.75) is 45.2 Å². The quantitative estimate of drug-likeness (QED) is 0.380. The minimum atomic E-state index is -3.82. The Morgan fingerprint density at radius 2 is 1.49 bits per heavy atom. The van der Waals surface area contributed by atoms with Gasteiger partial charge >= 0.3 is 0 Å². The first-order chi connectivity index (χ1) is 18.3. The number of carbonyl (C=O) groups excluding carboxylic acids is 2. The molecule has 0 aliphatic heterocycles. The minimum absolute atomic E-state index is 0.0987. The average Bonchev–Trinajstić information content (AvgIpc) is 2.89. The lowest BCUT2D eigenvalue weighted by Crippen LogP contribution is -2.52. The molecule has 0 radical (unpaired) electrons. The molecule has 2 amide bonds. The zero-order valence-electron chi connectivity index (χ0n) is 23.0. The normalized spacial score (nSPS) is 12.5. The van der Waals surface area contributed by atoms with Crippen molar-refractivity contribution in [3.8, 4) is 0 Å². The largest absolute Gasteiger partial charge is 0.357 e. The number of amides is 2. The Hall–Kier alpha value is -3.36. The van der Waals surface area contributed by atoms with Gasteiger partial charge in [0, 0.05) is 25.0 Å². The number of rotatable bonds is 10. The fraction of sp³-hybridized carbons (Fsp3) is 0.333. The standard InChI is InChI=1S/C30H36ClN3O4S/c1-30(2,3)24-13-17-26(18-14-24)34(39(5,37)38)21-28(35)33(20-23-11-15-25(31)16-12-23)27(29(36)32-4)19-22-9-7-6-8-10-22/h6-18,27H,19-21H2,1-5H3,(H,32,36). The van der Waals surface area contributed by atoms with Crippen molar-refractivity contribution >= 4 is 39.1 Å². The van der Waals surface area contributed by atoms with E-state index in [0.29, 0.717) is 10.7 Å². The topological polar surface area (TPSA) is 86.8 Å². The number of nitrogens with one attached hydrogen (secondary N) is 1. The molecule has 0 aromatic heterocycles. The Morgan fingerprint density at radius 1 is 0.897 bits per heavy atom. The molecule has 208 valence electrons. The molecule has 0 heterocycles. The van der Waals surface area contributed by atoms with Gasteiger partial charge in [-0.15, -0.1) is 0 Å². The second-order valence-electron chi connectivity index (χ2n) is 10.5. The van der Waals surface area contributed by atoms with Crippen LogP contribution in [0.2, 0.25) is 5.02 Å². The third-order valence-electron chi connectivity index (χ3n) is 6.48. The summed E-state index contributed by atoms with van der Waals surface area (Å²) >= 11 is 6.06. The first-order valence-electron chi connectivity index (χ1n) is 12.7. The van der Waals surface area contributed by atoms with Crippen LogP contribution >= 0.6 is 11.6 Å². The van der Waals surface area contributed by atoms with Crippen LogP contribution in [0, 0.1) is 0 Å². The van der Waals surface area contributed by atoms with E-state index in [4.69, 9.17) is 11.6 Å². The lowest BCUT2D eigenvalue weighted by molar-refractivity contribution is -0.139. The molecule has 0 saturated heterocycles. The van der Waals surface area contributed by atoms with Crippen LogP contribution < -0.4 is 9.62 Å². The van der Waals surface area contributed by atoms with E-state index < -0.39 is 28.5 Å². The van der Waals surface area contributed by atoms with Crippen LogP contribution in [-0.2, 0) is 38.0 Å². The second kappa shape index (κ2) is 12.7. The molecular formula is C30H36ClN3O4S. The van der Waals surface area contributed by atoms with Gasteiger partial charge in [0.25, 0.3) is 0 Å². The van der Waals surface area contributed by atoms with E-state index in [9.17, 15) is 18.0 Å². The van der Waals surface area contributed by atoms with Gasteiger partial charge < -0.3 is 10.2 Å². The highest BCUT2D eigenvalue weighted by atomic mass is 35.5. The van der Waals surface area contributed by atoms with Gasteiger partial charge in [0.2, 0.25) is 21.8 Å². The first kappa shape index (κ1) is 30.2. The van der Waals surface area contributed by atoms with Gasteiger partial charge in [-0.1, -0.05) is 87.0 Å². The van der Waals surface area contributed by atoms with E-state index in [-0.39, 0.29) is 24.3 Å². The van der Waals surface area contributed by atoms with Crippen LogP contribution in [0.25, 0.3) is 0 Å². The van der Waals surface area contributed by atoms with Gasteiger partial charge in [0.15, 0.2) is 0 Å². The summed E-state index contributed by atoms with van der Waals surface area (Å²) in [5.74, 6) is -0.846. The summed E-state index contributed by atoms with van der Waals surface area (Å²) in [7, 11) is -2.30. The Morgan fingerprint density at radius 3 is 2.00 bits per heavy atom. The van der Waals surface area contributed by atoms with E-state index >= 15 is 0 Å². The Balaban J connectivity index is 2.01. The molecule has 3 aromatic carbocycles. The number of benzene rings is 3. The molecule has 3 rings (SSSR count). The molecule has 0 aliphatic carbocycles. The summed E-state index contributed by atoms with van der Waals surface area (Å²) in [5.41, 5.74) is 2.94. The van der Waals surface area contributed by atoms with E-state index in [1.165, 1.54) is 11.9 Å². The van der Waals surface area contributed by atoms with Crippen LogP contribution in [0.15, 0.2) is 78.9 Å². The molecule has 0 saturated carbocycles. The number of nitrogens with zero attached hydrogens (tertiary/aromatic N) is 2. The Kier molecular flexibility index (Phi) is 9.80. The number of sulfonamides is 1. The van der Waals surface area contributed by atoms with Gasteiger partial charge in [-0.05, 0) is 46.4 Å². The van der Waals surface area contributed by atoms with E-state index in [1.54, 1.807) is 36.4 Å². The predicted octanol–water partition coefficient (Wildman–Crippen LogP) is 4.79. The van der Waals surface area contributed by atoms with E-state index in [2.05, 4.69) is 26.1 Å². The zero-order chi connectivity index (χ0) is 28.8. The molecule has 0 bridgehead atoms. The van der Waals surface area contributed by atoms with Crippen molar-refractivity contribution in [3.05, 3.63) is 101 Å². The maximum Gasteiger partial charge on any atom is 0.244 e. The molecule has 7 nitrogen and oxygen atoms in total. The molecule has 39 heavy (non-hydrogen) atoms. The van der Waals surface area contributed by atoms with Crippen molar-refractivity contribution in [1.29, 1.82) is 0 Å². The van der Waals surface area contributed by atoms with Gasteiger partial charge in [0.1, 0.15) is 12.6 Å². The number of carbonyl (C=O) groups is 2. The number of halogens is 1. The zero-order valence-corrected chi connectivity index (χ0v) is 24.6. The van der Waals surface area contributed by atoms with E-state index in [1.807, 2.05) is 42.5 Å². The van der Waals surface area contributed by atoms with Crippen molar-refractivity contribution in [2.24, 2.45) is 0 Å². The Bertz CT molecular complexity index is 1370. The molecule has 0 fully saturated rings. The highest BCUT2D eigenvalue weighted by Gasteiger charge is 2.32. The maximum atomic E-state index is 13.9. The molecule has 1 atom stereocenters. The van der Waals surface area contributed by atoms with Gasteiger partial charge in [-0.25, -0.2) is 8.42 Å². The minimum Gasteiger partial charge on any atom is -0.357 e. The smallest absolute Gasteiger partial charge is 0.244 e. The molecule has 0 spiro atoms. The van der Waals surface area contributed by atoms with Crippen molar-refractivity contribution in [1.82, 2.24) is 10.2 Å². The van der Waals surface area contributed by atoms with Crippen molar-refractivity contribution in [3.63, 3.8) is 0 Å². The molecule has 0 aliphatic rings. The summed E-state index contributed by atoms with van der Waals surface area (Å²) in [4.78, 5) is 28.5. The van der Waals surface area contributed by atoms with Crippen LogP contribution in [0.4, 0.5) is 5.69 Å². The molecule has 3 aromatic rings. The van der Waals surface area contributed by atoms with Crippen molar-refractivity contribution < 1.29 is 18.0 Å². The van der Waals surface area contributed by atoms with Crippen LogP contribution in [0.3, 0.4) is 0 Å². The predicted molar refractivity (Wildman–Crippen MR) is 157 cm³/mol. The summed E-state index contributed by atoms with van der Waals surface area (Å²) in [6.07, 6.45) is 1.33. The molecular weight excluding hydrogens is 534 g/mol. The third kappa shape index (κ3) is 8.31. The Labute approximate surface area is 236 Å². The third-order valence-corrected chi connectivity index (χ3v) is 7.88. The average molecular weight is 570 g/mol. The first-order valence-corrected chi connectivity index (χ1v) is 14.9. The monoisotopic (exact) mass is 569 g/mol. The van der Waals surface area contributed by atoms with Crippen LogP contribution in [0.1, 0.15) is 37.5 Å². The second-order valence-corrected chi connectivity index (χ2v) is 12.9. The molecule has 9 heteroatoms. The summed E-state index contributed by atoms with van der Waals surface area (Å²) in [5, 5.41) is 3.21. The van der Waals surface area contributed by atoms with Gasteiger partial charge in [0.05, 0.1) is 11.9 Å². The lowest BCUT2D eigenvalue weighted by Gasteiger charge is -2.33. The van der Waals surface area contributed by atoms with Gasteiger partial charge in [-0.3, -0.25) is 13.9 Å². The SMILES string of the molecule is CNC(=O)C(Cc1ccccc1)N(Cc1ccc(Cl)cc1)C(=O)CN(c1ccc(C(C)(C)C)cc1)S(C)(=O)=O. The summed E-state index contributed by atoms with van der Waals surface area (Å²) < 4.78 is 26.8. The number of hydrogen-bond donors (Lipinski definition) is 1. The number of anilines is 1. The number of hydrogen-bond acceptors (Lipinski definition) is 4. The fourth-order valence-corrected chi connectivity index (χ4v) is 5.22. The van der Waals surface area contributed by atoms with E-state index in [0.717, 1.165) is 27.3 Å².